The van der Waals surface area contributed by atoms with Gasteiger partial charge in [0.2, 0.25) is 0 Å². The minimum atomic E-state index is -0.527. The number of thioether (sulfide) groups is 1. The van der Waals surface area contributed by atoms with Gasteiger partial charge >= 0.3 is 6.09 Å². The predicted octanol–water partition coefficient (Wildman–Crippen LogP) is 6.29. The molecule has 0 bridgehead atoms. The van der Waals surface area contributed by atoms with Gasteiger partial charge in [-0.05, 0) is 40.8 Å². The molecule has 210 valence electrons. The van der Waals surface area contributed by atoms with E-state index >= 15 is 0 Å². The van der Waals surface area contributed by atoms with Gasteiger partial charge in [-0.25, -0.2) is 10.7 Å². The summed E-state index contributed by atoms with van der Waals surface area (Å²) in [5.41, 5.74) is 4.09. The van der Waals surface area contributed by atoms with Crippen molar-refractivity contribution < 1.29 is 19.3 Å². The molecule has 9 heteroatoms. The number of rotatable bonds is 10. The molecule has 0 radical (unpaired) electrons. The quantitative estimate of drug-likeness (QED) is 0.136. The molecule has 0 aliphatic carbocycles. The fourth-order valence-electron chi connectivity index (χ4n) is 5.37. The molecular formula is C32H31N3O5S. The van der Waals surface area contributed by atoms with Crippen LogP contribution in [0, 0.1) is 10.1 Å². The highest BCUT2D eigenvalue weighted by atomic mass is 32.2. The molecule has 1 amide bonds. The number of benzene rings is 4. The fraction of sp³-hybridized carbons (Fsp3) is 0.219. The standard InChI is InChI=1S/C32H31N3O5S/c33-40-23-29-20-30(21-34(29)31(36)39-22-24-16-18-28(19-17-24)35(37)38)41-32(25-10-4-1-5-11-25,26-12-6-2-7-13-26)27-14-8-3-9-15-27/h1-19,29-30H,20-23,33H2/t29-,30-/m0/s1. The Hall–Kier alpha value is -4.18. The molecule has 1 fully saturated rings. The molecule has 2 atom stereocenters. The van der Waals surface area contributed by atoms with Crippen molar-refractivity contribution in [3.8, 4) is 0 Å². The van der Waals surface area contributed by atoms with Crippen molar-refractivity contribution >= 4 is 23.5 Å². The van der Waals surface area contributed by atoms with Gasteiger partial charge in [-0.1, -0.05) is 91.0 Å². The van der Waals surface area contributed by atoms with Crippen LogP contribution in [0.15, 0.2) is 115 Å². The number of ether oxygens (including phenoxy) is 1. The Morgan fingerprint density at radius 3 is 1.85 bits per heavy atom. The van der Waals surface area contributed by atoms with Gasteiger partial charge in [0.15, 0.2) is 0 Å². The van der Waals surface area contributed by atoms with E-state index in [9.17, 15) is 14.9 Å². The predicted molar refractivity (Wildman–Crippen MR) is 159 cm³/mol. The number of nitrogens with zero attached hydrogens (tertiary/aromatic N) is 2. The van der Waals surface area contributed by atoms with Crippen molar-refractivity contribution in [1.29, 1.82) is 0 Å². The zero-order chi connectivity index (χ0) is 28.7. The second-order valence-electron chi connectivity index (χ2n) is 9.87. The second kappa shape index (κ2) is 13.0. The van der Waals surface area contributed by atoms with Crippen LogP contribution in [-0.4, -0.2) is 40.4 Å². The molecule has 1 heterocycles. The van der Waals surface area contributed by atoms with E-state index in [1.807, 2.05) is 30.0 Å². The summed E-state index contributed by atoms with van der Waals surface area (Å²) < 4.78 is 5.11. The maximum atomic E-state index is 13.3. The fourth-order valence-corrected chi connectivity index (χ4v) is 7.24. The number of non-ortho nitro benzene ring substituents is 1. The number of carbonyl (C=O) groups excluding carboxylic acids is 1. The third-order valence-electron chi connectivity index (χ3n) is 7.29. The number of nitro benzene ring substituents is 1. The first-order valence-corrected chi connectivity index (χ1v) is 14.2. The lowest BCUT2D eigenvalue weighted by Crippen LogP contribution is -2.39. The summed E-state index contributed by atoms with van der Waals surface area (Å²) in [6, 6.07) is 37.0. The van der Waals surface area contributed by atoms with E-state index < -0.39 is 15.8 Å². The number of likely N-dealkylation sites (tertiary alicyclic amines) is 1. The molecule has 41 heavy (non-hydrogen) atoms. The topological polar surface area (TPSA) is 108 Å². The maximum absolute atomic E-state index is 13.3. The molecule has 1 saturated heterocycles. The Morgan fingerprint density at radius 2 is 1.39 bits per heavy atom. The van der Waals surface area contributed by atoms with E-state index in [-0.39, 0.29) is 30.2 Å². The van der Waals surface area contributed by atoms with E-state index in [1.165, 1.54) is 12.1 Å². The second-order valence-corrected chi connectivity index (χ2v) is 11.4. The van der Waals surface area contributed by atoms with Crippen molar-refractivity contribution in [3.05, 3.63) is 148 Å². The van der Waals surface area contributed by atoms with Gasteiger partial charge in [-0.2, -0.15) is 0 Å². The van der Waals surface area contributed by atoms with Crippen LogP contribution in [0.3, 0.4) is 0 Å². The molecule has 2 N–H and O–H groups in total. The van der Waals surface area contributed by atoms with Crippen LogP contribution in [0.5, 0.6) is 0 Å². The number of carbonyl (C=O) groups is 1. The van der Waals surface area contributed by atoms with Crippen LogP contribution in [0.2, 0.25) is 0 Å². The highest BCUT2D eigenvalue weighted by Gasteiger charge is 2.44. The minimum absolute atomic E-state index is 0.00330. The average Bonchev–Trinajstić information content (AvgIpc) is 3.42. The van der Waals surface area contributed by atoms with Crippen LogP contribution < -0.4 is 5.90 Å². The monoisotopic (exact) mass is 569 g/mol. The van der Waals surface area contributed by atoms with Gasteiger partial charge in [0, 0.05) is 23.9 Å². The Kier molecular flexibility index (Phi) is 8.98. The zero-order valence-corrected chi connectivity index (χ0v) is 23.2. The van der Waals surface area contributed by atoms with E-state index in [1.54, 1.807) is 17.0 Å². The van der Waals surface area contributed by atoms with Crippen molar-refractivity contribution in [1.82, 2.24) is 4.90 Å². The van der Waals surface area contributed by atoms with Crippen LogP contribution in [0.25, 0.3) is 0 Å². The normalized spacial score (nSPS) is 16.9. The largest absolute Gasteiger partial charge is 0.445 e. The summed E-state index contributed by atoms with van der Waals surface area (Å²) in [5.74, 6) is 5.48. The van der Waals surface area contributed by atoms with Crippen molar-refractivity contribution in [2.75, 3.05) is 13.2 Å². The first kappa shape index (κ1) is 28.4. The van der Waals surface area contributed by atoms with E-state index in [0.717, 1.165) is 16.7 Å². The van der Waals surface area contributed by atoms with Crippen molar-refractivity contribution in [2.45, 2.75) is 29.1 Å². The van der Waals surface area contributed by atoms with Gasteiger partial charge in [-0.3, -0.25) is 10.1 Å². The summed E-state index contributed by atoms with van der Waals surface area (Å²) >= 11 is 1.82. The van der Waals surface area contributed by atoms with E-state index in [4.69, 9.17) is 15.5 Å². The van der Waals surface area contributed by atoms with Gasteiger partial charge in [0.25, 0.3) is 5.69 Å². The molecule has 5 rings (SSSR count). The minimum Gasteiger partial charge on any atom is -0.445 e. The van der Waals surface area contributed by atoms with Crippen LogP contribution >= 0.6 is 11.8 Å². The number of amides is 1. The van der Waals surface area contributed by atoms with Gasteiger partial charge in [0.05, 0.1) is 22.3 Å². The Balaban J connectivity index is 1.42. The highest BCUT2D eigenvalue weighted by Crippen LogP contribution is 2.52. The summed E-state index contributed by atoms with van der Waals surface area (Å²) in [7, 11) is 0. The lowest BCUT2D eigenvalue weighted by atomic mass is 9.84. The lowest BCUT2D eigenvalue weighted by Gasteiger charge is -2.37. The Morgan fingerprint density at radius 1 is 0.878 bits per heavy atom. The lowest BCUT2D eigenvalue weighted by molar-refractivity contribution is -0.384. The van der Waals surface area contributed by atoms with Crippen LogP contribution in [-0.2, 0) is 20.9 Å². The Bertz CT molecular complexity index is 1340. The third kappa shape index (κ3) is 6.27. The number of hydrogen-bond donors (Lipinski definition) is 1. The highest BCUT2D eigenvalue weighted by molar-refractivity contribution is 8.01. The van der Waals surface area contributed by atoms with Gasteiger partial charge < -0.3 is 14.5 Å². The molecule has 1 aliphatic heterocycles. The number of hydrogen-bond acceptors (Lipinski definition) is 7. The molecule has 4 aromatic rings. The number of nitro groups is 1. The summed E-state index contributed by atoms with van der Waals surface area (Å²) in [4.78, 5) is 30.5. The molecule has 0 aromatic heterocycles. The first-order valence-electron chi connectivity index (χ1n) is 13.3. The average molecular weight is 570 g/mol. The molecule has 0 unspecified atom stereocenters. The summed E-state index contributed by atoms with van der Waals surface area (Å²) in [6.45, 7) is 0.633. The molecule has 8 nitrogen and oxygen atoms in total. The molecule has 0 spiro atoms. The molecular weight excluding hydrogens is 538 g/mol. The smallest absolute Gasteiger partial charge is 0.410 e. The zero-order valence-electron chi connectivity index (χ0n) is 22.4. The van der Waals surface area contributed by atoms with Crippen molar-refractivity contribution in [2.24, 2.45) is 5.90 Å². The molecule has 4 aromatic carbocycles. The van der Waals surface area contributed by atoms with E-state index in [0.29, 0.717) is 18.5 Å². The van der Waals surface area contributed by atoms with E-state index in [2.05, 4.69) is 72.8 Å². The number of nitrogens with two attached hydrogens (primary N) is 1. The first-order chi connectivity index (χ1) is 20.0. The molecule has 0 saturated carbocycles. The van der Waals surface area contributed by atoms with Crippen molar-refractivity contribution in [3.63, 3.8) is 0 Å². The summed E-state index contributed by atoms with van der Waals surface area (Å²) in [5, 5.41) is 11.0. The van der Waals surface area contributed by atoms with Crippen LogP contribution in [0.4, 0.5) is 10.5 Å². The maximum Gasteiger partial charge on any atom is 0.410 e. The third-order valence-corrected chi connectivity index (χ3v) is 9.03. The van der Waals surface area contributed by atoms with Gasteiger partial charge in [-0.15, -0.1) is 11.8 Å². The van der Waals surface area contributed by atoms with Crippen LogP contribution in [0.1, 0.15) is 28.7 Å². The molecule has 1 aliphatic rings. The SMILES string of the molecule is NOC[C@@H]1C[C@H](SC(c2ccccc2)(c2ccccc2)c2ccccc2)CN1C(=O)OCc1ccc([N+](=O)[O-])cc1. The Labute approximate surface area is 243 Å². The van der Waals surface area contributed by atoms with Gasteiger partial charge in [0.1, 0.15) is 6.61 Å². The summed E-state index contributed by atoms with van der Waals surface area (Å²) in [6.07, 6.45) is 0.196.